The highest BCUT2D eigenvalue weighted by molar-refractivity contribution is 5.88. The number of nitrogens with zero attached hydrogens (tertiary/aromatic N) is 4. The molecule has 0 amide bonds. The van der Waals surface area contributed by atoms with Gasteiger partial charge in [0.15, 0.2) is 0 Å². The van der Waals surface area contributed by atoms with E-state index in [0.29, 0.717) is 36.0 Å². The fraction of sp³-hybridized carbons (Fsp3) is 0.240. The van der Waals surface area contributed by atoms with E-state index in [4.69, 9.17) is 15.2 Å². The Labute approximate surface area is 196 Å². The Hall–Kier alpha value is -4.29. The third-order valence-electron chi connectivity index (χ3n) is 6.17. The number of hydrogen-bond donors (Lipinski definition) is 2. The molecule has 9 heteroatoms. The summed E-state index contributed by atoms with van der Waals surface area (Å²) < 4.78 is 12.9. The van der Waals surface area contributed by atoms with Crippen LogP contribution in [0.5, 0.6) is 5.88 Å². The number of carbonyl (C=O) groups is 1. The molecule has 3 heterocycles. The first kappa shape index (κ1) is 21.6. The Balaban J connectivity index is 1.59. The number of carboxylic acid groups (broad SMARTS) is 1. The number of aromatic nitrogens is 2. The average Bonchev–Trinajstić information content (AvgIpc) is 3.19. The summed E-state index contributed by atoms with van der Waals surface area (Å²) in [6.07, 6.45) is 0. The Morgan fingerprint density at radius 2 is 1.91 bits per heavy atom. The lowest BCUT2D eigenvalue weighted by atomic mass is 9.84. The molecule has 0 bridgehead atoms. The summed E-state index contributed by atoms with van der Waals surface area (Å²) in [5.41, 5.74) is 10.5. The maximum atomic E-state index is 11.5. The molecular formula is C25H23N5O4. The summed E-state index contributed by atoms with van der Waals surface area (Å²) in [4.78, 5) is 13.7. The second-order valence-electron chi connectivity index (χ2n) is 8.19. The first-order valence-corrected chi connectivity index (χ1v) is 10.9. The zero-order valence-electron chi connectivity index (χ0n) is 18.6. The highest BCUT2D eigenvalue weighted by atomic mass is 16.5. The van der Waals surface area contributed by atoms with Crippen LogP contribution in [0.4, 0.5) is 5.69 Å². The van der Waals surface area contributed by atoms with Gasteiger partial charge in [0.25, 0.3) is 0 Å². The molecule has 2 aromatic carbocycles. The van der Waals surface area contributed by atoms with Gasteiger partial charge in [-0.15, -0.1) is 0 Å². The molecule has 1 unspecified atom stereocenters. The van der Waals surface area contributed by atoms with E-state index in [9.17, 15) is 15.2 Å². The number of nitriles is 1. The summed E-state index contributed by atoms with van der Waals surface area (Å²) in [6, 6.07) is 16.7. The molecule has 0 aliphatic carbocycles. The fourth-order valence-electron chi connectivity index (χ4n) is 4.49. The van der Waals surface area contributed by atoms with Crippen molar-refractivity contribution in [3.05, 3.63) is 82.4 Å². The highest BCUT2D eigenvalue weighted by Crippen LogP contribution is 2.44. The number of ether oxygens (including phenoxy) is 2. The van der Waals surface area contributed by atoms with Crippen molar-refractivity contribution in [1.29, 1.82) is 5.26 Å². The van der Waals surface area contributed by atoms with Gasteiger partial charge in [0.1, 0.15) is 11.6 Å². The van der Waals surface area contributed by atoms with Crippen molar-refractivity contribution >= 4 is 11.7 Å². The Morgan fingerprint density at radius 1 is 1.18 bits per heavy atom. The van der Waals surface area contributed by atoms with Crippen molar-refractivity contribution in [2.24, 2.45) is 5.73 Å². The van der Waals surface area contributed by atoms with Crippen LogP contribution in [0, 0.1) is 18.3 Å². The van der Waals surface area contributed by atoms with Gasteiger partial charge in [-0.1, -0.05) is 18.2 Å². The largest absolute Gasteiger partial charge is 0.478 e. The maximum Gasteiger partial charge on any atom is 0.335 e. The number of nitrogens with two attached hydrogens (primary N) is 1. The predicted octanol–water partition coefficient (Wildman–Crippen LogP) is 2.93. The maximum absolute atomic E-state index is 11.5. The number of fused-ring (bicyclic) bond motifs is 1. The van der Waals surface area contributed by atoms with Crippen molar-refractivity contribution in [1.82, 2.24) is 9.78 Å². The van der Waals surface area contributed by atoms with E-state index in [1.54, 1.807) is 12.1 Å². The van der Waals surface area contributed by atoms with Crippen LogP contribution in [-0.4, -0.2) is 47.2 Å². The van der Waals surface area contributed by atoms with E-state index in [1.807, 2.05) is 31.2 Å². The molecule has 0 spiro atoms. The van der Waals surface area contributed by atoms with E-state index in [0.717, 1.165) is 29.9 Å². The highest BCUT2D eigenvalue weighted by Gasteiger charge is 2.36. The van der Waals surface area contributed by atoms with Crippen LogP contribution in [0.3, 0.4) is 0 Å². The van der Waals surface area contributed by atoms with Gasteiger partial charge in [0.05, 0.1) is 41.6 Å². The van der Waals surface area contributed by atoms with Gasteiger partial charge in [0.2, 0.25) is 11.8 Å². The molecule has 3 aromatic rings. The van der Waals surface area contributed by atoms with Gasteiger partial charge in [-0.05, 0) is 42.8 Å². The second kappa shape index (κ2) is 8.57. The van der Waals surface area contributed by atoms with Crippen molar-refractivity contribution < 1.29 is 19.4 Å². The molecule has 9 nitrogen and oxygen atoms in total. The van der Waals surface area contributed by atoms with Crippen LogP contribution in [0.2, 0.25) is 0 Å². The first-order valence-electron chi connectivity index (χ1n) is 10.9. The SMILES string of the molecule is Cc1nn(-c2cccc(C(=O)O)c2)c2c1C(c1ccc(N3CCOCC3)cc1)C(C#N)=C(N)O2. The smallest absolute Gasteiger partial charge is 0.335 e. The molecule has 2 aliphatic rings. The molecule has 1 aromatic heterocycles. The van der Waals surface area contributed by atoms with Crippen LogP contribution < -0.4 is 15.4 Å². The summed E-state index contributed by atoms with van der Waals surface area (Å²) in [7, 11) is 0. The molecule has 5 rings (SSSR count). The van der Waals surface area contributed by atoms with Gasteiger partial charge in [-0.2, -0.15) is 10.4 Å². The van der Waals surface area contributed by atoms with Crippen molar-refractivity contribution in [2.45, 2.75) is 12.8 Å². The van der Waals surface area contributed by atoms with E-state index in [1.165, 1.54) is 16.8 Å². The van der Waals surface area contributed by atoms with Crippen LogP contribution in [-0.2, 0) is 4.74 Å². The summed E-state index contributed by atoms with van der Waals surface area (Å²) in [6.45, 7) is 4.90. The molecule has 0 saturated carbocycles. The zero-order valence-corrected chi connectivity index (χ0v) is 18.6. The predicted molar refractivity (Wildman–Crippen MR) is 124 cm³/mol. The minimum atomic E-state index is -1.04. The van der Waals surface area contributed by atoms with Gasteiger partial charge in [0, 0.05) is 18.8 Å². The summed E-state index contributed by atoms with van der Waals surface area (Å²) >= 11 is 0. The van der Waals surface area contributed by atoms with E-state index in [2.05, 4.69) is 16.1 Å². The van der Waals surface area contributed by atoms with Crippen molar-refractivity contribution in [3.8, 4) is 17.6 Å². The summed E-state index contributed by atoms with van der Waals surface area (Å²) in [5.74, 6) is -1.11. The first-order chi connectivity index (χ1) is 16.5. The number of anilines is 1. The van der Waals surface area contributed by atoms with Gasteiger partial charge >= 0.3 is 5.97 Å². The number of carboxylic acids is 1. The molecule has 1 saturated heterocycles. The number of aromatic carboxylic acids is 1. The van der Waals surface area contributed by atoms with Crippen LogP contribution in [0.1, 0.15) is 33.1 Å². The average molecular weight is 457 g/mol. The van der Waals surface area contributed by atoms with Crippen LogP contribution in [0.25, 0.3) is 5.69 Å². The second-order valence-corrected chi connectivity index (χ2v) is 8.19. The monoisotopic (exact) mass is 457 g/mol. The van der Waals surface area contributed by atoms with E-state index >= 15 is 0 Å². The quantitative estimate of drug-likeness (QED) is 0.612. The minimum absolute atomic E-state index is 0.00722. The lowest BCUT2D eigenvalue weighted by molar-refractivity contribution is 0.0696. The minimum Gasteiger partial charge on any atom is -0.478 e. The topological polar surface area (TPSA) is 127 Å². The third kappa shape index (κ3) is 3.64. The van der Waals surface area contributed by atoms with Gasteiger partial charge in [-0.25, -0.2) is 9.48 Å². The van der Waals surface area contributed by atoms with Crippen molar-refractivity contribution in [2.75, 3.05) is 31.2 Å². The lowest BCUT2D eigenvalue weighted by Crippen LogP contribution is -2.36. The lowest BCUT2D eigenvalue weighted by Gasteiger charge is -2.29. The number of benzene rings is 2. The third-order valence-corrected chi connectivity index (χ3v) is 6.17. The molecule has 0 radical (unpaired) electrons. The number of rotatable bonds is 4. The molecule has 3 N–H and O–H groups in total. The van der Waals surface area contributed by atoms with E-state index < -0.39 is 11.9 Å². The number of aryl methyl sites for hydroxylation is 1. The summed E-state index contributed by atoms with van der Waals surface area (Å²) in [5, 5.41) is 23.9. The standard InChI is InChI=1S/C25H23N5O4/c1-15-21-22(16-5-7-18(8-6-16)29-9-11-33-12-10-29)20(14-26)23(27)34-24(21)30(28-15)19-4-2-3-17(13-19)25(31)32/h2-8,13,22H,9-12,27H2,1H3,(H,31,32). The number of allylic oxidation sites excluding steroid dienone is 1. The van der Waals surface area contributed by atoms with Gasteiger partial charge < -0.3 is 25.2 Å². The molecule has 1 fully saturated rings. The number of hydrogen-bond acceptors (Lipinski definition) is 7. The fourth-order valence-corrected chi connectivity index (χ4v) is 4.49. The Bertz CT molecular complexity index is 1330. The number of morpholine rings is 1. The molecule has 2 aliphatic heterocycles. The van der Waals surface area contributed by atoms with Gasteiger partial charge in [-0.3, -0.25) is 0 Å². The molecular weight excluding hydrogens is 434 g/mol. The molecule has 1 atom stereocenters. The van der Waals surface area contributed by atoms with E-state index in [-0.39, 0.29) is 11.4 Å². The zero-order chi connectivity index (χ0) is 23.8. The Kier molecular flexibility index (Phi) is 5.43. The van der Waals surface area contributed by atoms with Crippen LogP contribution in [0.15, 0.2) is 60.0 Å². The Morgan fingerprint density at radius 3 is 2.59 bits per heavy atom. The van der Waals surface area contributed by atoms with Crippen LogP contribution >= 0.6 is 0 Å². The molecule has 172 valence electrons. The molecule has 34 heavy (non-hydrogen) atoms. The normalized spacial score (nSPS) is 17.6. The van der Waals surface area contributed by atoms with Crippen molar-refractivity contribution in [3.63, 3.8) is 0 Å².